The first kappa shape index (κ1) is 11.9. The van der Waals surface area contributed by atoms with Crippen molar-refractivity contribution < 1.29 is 8.42 Å². The average molecular weight is 270 g/mol. The Morgan fingerprint density at radius 2 is 2.06 bits per heavy atom. The lowest BCUT2D eigenvalue weighted by Crippen LogP contribution is -2.19. The van der Waals surface area contributed by atoms with Gasteiger partial charge >= 0.3 is 0 Å². The number of hydrogen-bond donors (Lipinski definition) is 0. The molecule has 1 heterocycles. The van der Waals surface area contributed by atoms with Crippen molar-refractivity contribution in [1.29, 1.82) is 0 Å². The summed E-state index contributed by atoms with van der Waals surface area (Å²) in [5.41, 5.74) is 1.01. The maximum Gasteiger partial charge on any atom is 0.253 e. The van der Waals surface area contributed by atoms with Crippen molar-refractivity contribution in [1.82, 2.24) is 14.4 Å². The Morgan fingerprint density at radius 1 is 1.35 bits per heavy atom. The van der Waals surface area contributed by atoms with Gasteiger partial charge in [0.2, 0.25) is 4.80 Å². The van der Waals surface area contributed by atoms with E-state index in [9.17, 15) is 8.42 Å². The molecule has 0 saturated carbocycles. The Labute approximate surface area is 102 Å². The SMILES string of the molecule is CS(=O)(=O)N=c1snnn1Cc1ccccc1. The van der Waals surface area contributed by atoms with Crippen LogP contribution in [0.25, 0.3) is 0 Å². The quantitative estimate of drug-likeness (QED) is 0.801. The highest BCUT2D eigenvalue weighted by Gasteiger charge is 2.03. The fraction of sp³-hybridized carbons (Fsp3) is 0.222. The normalized spacial score (nSPS) is 12.9. The lowest BCUT2D eigenvalue weighted by atomic mass is 10.2. The summed E-state index contributed by atoms with van der Waals surface area (Å²) in [7, 11) is -3.43. The maximum absolute atomic E-state index is 11.1. The number of rotatable bonds is 3. The van der Waals surface area contributed by atoms with E-state index in [2.05, 4.69) is 14.1 Å². The molecule has 1 aromatic carbocycles. The van der Waals surface area contributed by atoms with Crippen LogP contribution >= 0.6 is 11.5 Å². The summed E-state index contributed by atoms with van der Waals surface area (Å²) in [4.78, 5) is 0.274. The van der Waals surface area contributed by atoms with E-state index >= 15 is 0 Å². The zero-order valence-corrected chi connectivity index (χ0v) is 10.6. The summed E-state index contributed by atoms with van der Waals surface area (Å²) in [6, 6.07) is 9.58. The topological polar surface area (TPSA) is 77.2 Å². The number of aromatic nitrogens is 3. The largest absolute Gasteiger partial charge is 0.253 e. The van der Waals surface area contributed by atoms with Crippen LogP contribution in [0, 0.1) is 0 Å². The van der Waals surface area contributed by atoms with Gasteiger partial charge in [-0.2, -0.15) is 0 Å². The van der Waals surface area contributed by atoms with E-state index in [-0.39, 0.29) is 4.80 Å². The Kier molecular flexibility index (Phi) is 3.34. The molecular formula is C9H10N4O2S2. The molecule has 8 heteroatoms. The molecule has 1 aromatic heterocycles. The fourth-order valence-electron chi connectivity index (χ4n) is 1.25. The first-order valence-electron chi connectivity index (χ1n) is 4.74. The molecule has 6 nitrogen and oxygen atoms in total. The van der Waals surface area contributed by atoms with Crippen LogP contribution in [0.5, 0.6) is 0 Å². The summed E-state index contributed by atoms with van der Waals surface area (Å²) in [5, 5.41) is 3.82. The van der Waals surface area contributed by atoms with Crippen LogP contribution in [0.4, 0.5) is 0 Å². The predicted molar refractivity (Wildman–Crippen MR) is 63.8 cm³/mol. The van der Waals surface area contributed by atoms with Crippen molar-refractivity contribution in [3.05, 3.63) is 40.7 Å². The molecule has 0 N–H and O–H groups in total. The van der Waals surface area contributed by atoms with E-state index in [1.807, 2.05) is 30.3 Å². The Hall–Kier alpha value is -1.54. The molecule has 0 saturated heterocycles. The Balaban J connectivity index is 2.36. The number of benzene rings is 1. The van der Waals surface area contributed by atoms with Crippen LogP contribution in [0.2, 0.25) is 0 Å². The summed E-state index contributed by atoms with van der Waals surface area (Å²) >= 11 is 0.952. The monoisotopic (exact) mass is 270 g/mol. The third-order valence-corrected chi connectivity index (χ3v) is 3.15. The number of sulfonamides is 1. The van der Waals surface area contributed by atoms with Gasteiger partial charge in [0.05, 0.1) is 12.8 Å². The zero-order valence-electron chi connectivity index (χ0n) is 9.02. The van der Waals surface area contributed by atoms with Crippen molar-refractivity contribution in [2.75, 3.05) is 6.26 Å². The molecule has 0 aliphatic rings. The van der Waals surface area contributed by atoms with Crippen molar-refractivity contribution in [2.45, 2.75) is 6.54 Å². The number of nitrogens with zero attached hydrogens (tertiary/aromatic N) is 4. The fourth-order valence-corrected chi connectivity index (χ4v) is 2.56. The van der Waals surface area contributed by atoms with E-state index in [0.717, 1.165) is 23.4 Å². The third kappa shape index (κ3) is 3.46. The molecule has 0 atom stereocenters. The zero-order chi connectivity index (χ0) is 12.3. The van der Waals surface area contributed by atoms with Crippen molar-refractivity contribution in [2.24, 2.45) is 4.40 Å². The van der Waals surface area contributed by atoms with Crippen molar-refractivity contribution in [3.8, 4) is 0 Å². The van der Waals surface area contributed by atoms with Crippen LogP contribution in [0.1, 0.15) is 5.56 Å². The standard InChI is InChI=1S/C9H10N4O2S2/c1-17(14,15)10-9-13(11-12-16-9)7-8-5-3-2-4-6-8/h2-6H,7H2,1H3. The first-order valence-corrected chi connectivity index (χ1v) is 7.36. The lowest BCUT2D eigenvalue weighted by molar-refractivity contribution is 0.595. The Bertz CT molecular complexity index is 658. The predicted octanol–water partition coefficient (Wildman–Crippen LogP) is 0.248. The van der Waals surface area contributed by atoms with Crippen LogP contribution in [0.3, 0.4) is 0 Å². The van der Waals surface area contributed by atoms with E-state index in [0.29, 0.717) is 6.54 Å². The molecule has 17 heavy (non-hydrogen) atoms. The van der Waals surface area contributed by atoms with Gasteiger partial charge in [0.1, 0.15) is 0 Å². The van der Waals surface area contributed by atoms with Gasteiger partial charge in [-0.25, -0.2) is 13.1 Å². The first-order chi connectivity index (χ1) is 8.04. The molecule has 0 unspecified atom stereocenters. The highest BCUT2D eigenvalue weighted by Crippen LogP contribution is 1.99. The van der Waals surface area contributed by atoms with Crippen LogP contribution in [0.15, 0.2) is 34.7 Å². The van der Waals surface area contributed by atoms with Gasteiger partial charge in [-0.3, -0.25) is 0 Å². The van der Waals surface area contributed by atoms with Gasteiger partial charge in [0.25, 0.3) is 10.0 Å². The van der Waals surface area contributed by atoms with Gasteiger partial charge < -0.3 is 0 Å². The van der Waals surface area contributed by atoms with Gasteiger partial charge in [-0.1, -0.05) is 40.0 Å². The summed E-state index contributed by atoms with van der Waals surface area (Å²) in [6.45, 7) is 0.450. The second-order valence-electron chi connectivity index (χ2n) is 3.41. The summed E-state index contributed by atoms with van der Waals surface area (Å²) < 4.78 is 30.9. The third-order valence-electron chi connectivity index (χ3n) is 1.91. The van der Waals surface area contributed by atoms with Crippen LogP contribution < -0.4 is 4.80 Å². The molecule has 90 valence electrons. The van der Waals surface area contributed by atoms with Gasteiger partial charge in [0, 0.05) is 11.5 Å². The van der Waals surface area contributed by atoms with Crippen LogP contribution in [-0.2, 0) is 16.6 Å². The second kappa shape index (κ2) is 4.76. The highest BCUT2D eigenvalue weighted by atomic mass is 32.2. The average Bonchev–Trinajstić information content (AvgIpc) is 2.65. The minimum absolute atomic E-state index is 0.274. The van der Waals surface area contributed by atoms with Crippen molar-refractivity contribution >= 4 is 21.6 Å². The molecule has 0 spiro atoms. The highest BCUT2D eigenvalue weighted by molar-refractivity contribution is 7.89. The molecule has 0 amide bonds. The van der Waals surface area contributed by atoms with E-state index in [1.165, 1.54) is 4.68 Å². The molecule has 0 bridgehead atoms. The maximum atomic E-state index is 11.1. The summed E-state index contributed by atoms with van der Waals surface area (Å²) in [5.74, 6) is 0. The van der Waals surface area contributed by atoms with Gasteiger partial charge in [-0.15, -0.1) is 4.40 Å². The van der Waals surface area contributed by atoms with Crippen LogP contribution in [-0.4, -0.2) is 29.1 Å². The molecule has 0 aliphatic heterocycles. The van der Waals surface area contributed by atoms with Gasteiger partial charge in [-0.05, 0) is 5.56 Å². The molecule has 0 fully saturated rings. The van der Waals surface area contributed by atoms with Gasteiger partial charge in [0.15, 0.2) is 0 Å². The van der Waals surface area contributed by atoms with E-state index in [4.69, 9.17) is 0 Å². The van der Waals surface area contributed by atoms with E-state index in [1.54, 1.807) is 0 Å². The minimum Gasteiger partial charge on any atom is -0.213 e. The Morgan fingerprint density at radius 3 is 2.71 bits per heavy atom. The summed E-state index contributed by atoms with van der Waals surface area (Å²) in [6.07, 6.45) is 1.04. The molecule has 2 aromatic rings. The lowest BCUT2D eigenvalue weighted by Gasteiger charge is -1.99. The minimum atomic E-state index is -3.43. The second-order valence-corrected chi connectivity index (χ2v) is 5.77. The molecule has 0 radical (unpaired) electrons. The molecule has 0 aliphatic carbocycles. The smallest absolute Gasteiger partial charge is 0.213 e. The van der Waals surface area contributed by atoms with Crippen molar-refractivity contribution in [3.63, 3.8) is 0 Å². The molecular weight excluding hydrogens is 260 g/mol. The number of hydrogen-bond acceptors (Lipinski definition) is 5. The van der Waals surface area contributed by atoms with E-state index < -0.39 is 10.0 Å². The molecule has 2 rings (SSSR count).